The van der Waals surface area contributed by atoms with Gasteiger partial charge in [-0.25, -0.2) is 4.79 Å². The van der Waals surface area contributed by atoms with Crippen molar-refractivity contribution in [3.8, 4) is 0 Å². The Morgan fingerprint density at radius 2 is 2.17 bits per heavy atom. The molecule has 0 unspecified atom stereocenters. The highest BCUT2D eigenvalue weighted by molar-refractivity contribution is 5.94. The number of anilines is 2. The molecule has 2 rings (SSSR count). The van der Waals surface area contributed by atoms with Crippen molar-refractivity contribution in [1.82, 2.24) is 5.32 Å². The van der Waals surface area contributed by atoms with E-state index < -0.39 is 0 Å². The number of amides is 2. The highest BCUT2D eigenvalue weighted by atomic mass is 16.2. The second-order valence-electron chi connectivity index (χ2n) is 4.91. The normalized spacial score (nSPS) is 14.3. The third-order valence-corrected chi connectivity index (χ3v) is 3.18. The average Bonchev–Trinajstić information content (AvgIpc) is 2.36. The molecule has 1 aromatic rings. The number of urea groups is 1. The summed E-state index contributed by atoms with van der Waals surface area (Å²) in [4.78, 5) is 14.0. The number of fused-ring (bicyclic) bond motifs is 1. The number of benzene rings is 1. The Bertz CT molecular complexity index is 443. The molecule has 4 heteroatoms. The number of rotatable bonds is 2. The summed E-state index contributed by atoms with van der Waals surface area (Å²) in [6, 6.07) is 6.23. The average molecular weight is 247 g/mol. The number of hydrogen-bond acceptors (Lipinski definition) is 2. The topological polar surface area (TPSA) is 44.4 Å². The monoisotopic (exact) mass is 247 g/mol. The lowest BCUT2D eigenvalue weighted by molar-refractivity contribution is 0.243. The van der Waals surface area contributed by atoms with E-state index in [2.05, 4.69) is 16.7 Å². The molecule has 0 spiro atoms. The first kappa shape index (κ1) is 12.7. The summed E-state index contributed by atoms with van der Waals surface area (Å²) >= 11 is 0. The van der Waals surface area contributed by atoms with Crippen LogP contribution in [0.25, 0.3) is 0 Å². The number of nitrogens with zero attached hydrogens (tertiary/aromatic N) is 1. The maximum Gasteiger partial charge on any atom is 0.322 e. The molecule has 1 aliphatic rings. The van der Waals surface area contributed by atoms with Crippen LogP contribution >= 0.6 is 0 Å². The fourth-order valence-electron chi connectivity index (χ4n) is 2.39. The lowest BCUT2D eigenvalue weighted by atomic mass is 10.00. The van der Waals surface area contributed by atoms with Gasteiger partial charge in [-0.05, 0) is 44.4 Å². The van der Waals surface area contributed by atoms with Gasteiger partial charge in [0, 0.05) is 25.3 Å². The number of hydrogen-bond donors (Lipinski definition) is 2. The zero-order valence-corrected chi connectivity index (χ0v) is 11.3. The maximum atomic E-state index is 12.2. The molecule has 98 valence electrons. The molecule has 1 aromatic carbocycles. The Hall–Kier alpha value is -1.71. The highest BCUT2D eigenvalue weighted by Gasteiger charge is 2.24. The van der Waals surface area contributed by atoms with Gasteiger partial charge >= 0.3 is 6.03 Å². The molecule has 0 saturated carbocycles. The first-order valence-electron chi connectivity index (χ1n) is 6.51. The molecule has 1 heterocycles. The lowest BCUT2D eigenvalue weighted by Crippen LogP contribution is -2.45. The summed E-state index contributed by atoms with van der Waals surface area (Å²) in [5.41, 5.74) is 3.39. The van der Waals surface area contributed by atoms with Gasteiger partial charge in [0.2, 0.25) is 0 Å². The maximum absolute atomic E-state index is 12.2. The molecular weight excluding hydrogens is 226 g/mol. The lowest BCUT2D eigenvalue weighted by Gasteiger charge is -2.31. The SMILES string of the molecule is CNc1cccc2c1CCCN2C(=O)NC(C)C. The molecule has 18 heavy (non-hydrogen) atoms. The van der Waals surface area contributed by atoms with E-state index in [-0.39, 0.29) is 12.1 Å². The molecule has 0 saturated heterocycles. The van der Waals surface area contributed by atoms with Crippen LogP contribution in [0.2, 0.25) is 0 Å². The van der Waals surface area contributed by atoms with Gasteiger partial charge in [0.15, 0.2) is 0 Å². The molecule has 0 aliphatic carbocycles. The molecular formula is C14H21N3O. The highest BCUT2D eigenvalue weighted by Crippen LogP contribution is 2.32. The summed E-state index contributed by atoms with van der Waals surface area (Å²) in [6.07, 6.45) is 2.04. The van der Waals surface area contributed by atoms with Crippen LogP contribution in [0, 0.1) is 0 Å². The summed E-state index contributed by atoms with van der Waals surface area (Å²) in [6.45, 7) is 4.75. The predicted molar refractivity (Wildman–Crippen MR) is 75.3 cm³/mol. The molecule has 0 fully saturated rings. The van der Waals surface area contributed by atoms with Crippen molar-refractivity contribution >= 4 is 17.4 Å². The molecule has 0 radical (unpaired) electrons. The number of carbonyl (C=O) groups is 1. The van der Waals surface area contributed by atoms with E-state index in [1.54, 1.807) is 0 Å². The quantitative estimate of drug-likeness (QED) is 0.843. The fourth-order valence-corrected chi connectivity index (χ4v) is 2.39. The van der Waals surface area contributed by atoms with Gasteiger partial charge in [0.1, 0.15) is 0 Å². The van der Waals surface area contributed by atoms with E-state index in [0.717, 1.165) is 30.8 Å². The van der Waals surface area contributed by atoms with Crippen molar-refractivity contribution in [2.45, 2.75) is 32.7 Å². The van der Waals surface area contributed by atoms with Crippen LogP contribution in [0.15, 0.2) is 18.2 Å². The molecule has 4 nitrogen and oxygen atoms in total. The number of carbonyl (C=O) groups excluding carboxylic acids is 1. The smallest absolute Gasteiger partial charge is 0.322 e. The second-order valence-corrected chi connectivity index (χ2v) is 4.91. The minimum Gasteiger partial charge on any atom is -0.388 e. The number of nitrogens with one attached hydrogen (secondary N) is 2. The minimum absolute atomic E-state index is 0.000738. The van der Waals surface area contributed by atoms with Crippen molar-refractivity contribution in [3.63, 3.8) is 0 Å². The Morgan fingerprint density at radius 3 is 2.83 bits per heavy atom. The van der Waals surface area contributed by atoms with Crippen LogP contribution in [0.5, 0.6) is 0 Å². The van der Waals surface area contributed by atoms with Crippen molar-refractivity contribution in [2.24, 2.45) is 0 Å². The third kappa shape index (κ3) is 2.42. The van der Waals surface area contributed by atoms with E-state index in [0.29, 0.717) is 0 Å². The standard InChI is InChI=1S/C14H21N3O/c1-10(2)16-14(18)17-9-5-6-11-12(15-3)7-4-8-13(11)17/h4,7-8,10,15H,5-6,9H2,1-3H3,(H,16,18). The van der Waals surface area contributed by atoms with E-state index in [1.807, 2.05) is 37.9 Å². The molecule has 0 aromatic heterocycles. The van der Waals surface area contributed by atoms with E-state index in [4.69, 9.17) is 0 Å². The van der Waals surface area contributed by atoms with Crippen molar-refractivity contribution in [2.75, 3.05) is 23.8 Å². The van der Waals surface area contributed by atoms with E-state index in [1.165, 1.54) is 5.56 Å². The summed E-state index contributed by atoms with van der Waals surface area (Å²) in [5, 5.41) is 6.15. The third-order valence-electron chi connectivity index (χ3n) is 3.18. The zero-order valence-electron chi connectivity index (χ0n) is 11.3. The molecule has 2 amide bonds. The van der Waals surface area contributed by atoms with Gasteiger partial charge in [-0.3, -0.25) is 4.90 Å². The Balaban J connectivity index is 2.30. The van der Waals surface area contributed by atoms with Crippen LogP contribution in [-0.2, 0) is 6.42 Å². The van der Waals surface area contributed by atoms with Crippen molar-refractivity contribution in [3.05, 3.63) is 23.8 Å². The predicted octanol–water partition coefficient (Wildman–Crippen LogP) is 2.60. The van der Waals surface area contributed by atoms with Gasteiger partial charge < -0.3 is 10.6 Å². The van der Waals surface area contributed by atoms with Gasteiger partial charge in [0.05, 0.1) is 5.69 Å². The van der Waals surface area contributed by atoms with Crippen LogP contribution < -0.4 is 15.5 Å². The Morgan fingerprint density at radius 1 is 1.39 bits per heavy atom. The minimum atomic E-state index is -0.000738. The fraction of sp³-hybridized carbons (Fsp3) is 0.500. The van der Waals surface area contributed by atoms with Crippen LogP contribution in [0.3, 0.4) is 0 Å². The first-order chi connectivity index (χ1) is 8.63. The second kappa shape index (κ2) is 5.29. The van der Waals surface area contributed by atoms with Gasteiger partial charge in [-0.1, -0.05) is 6.07 Å². The Kier molecular flexibility index (Phi) is 3.75. The van der Waals surface area contributed by atoms with E-state index >= 15 is 0 Å². The summed E-state index contributed by atoms with van der Waals surface area (Å²) in [5.74, 6) is 0. The van der Waals surface area contributed by atoms with Crippen molar-refractivity contribution in [1.29, 1.82) is 0 Å². The van der Waals surface area contributed by atoms with Crippen molar-refractivity contribution < 1.29 is 4.79 Å². The first-order valence-corrected chi connectivity index (χ1v) is 6.51. The van der Waals surface area contributed by atoms with Gasteiger partial charge in [-0.2, -0.15) is 0 Å². The molecule has 2 N–H and O–H groups in total. The molecule has 1 aliphatic heterocycles. The zero-order chi connectivity index (χ0) is 13.1. The van der Waals surface area contributed by atoms with Gasteiger partial charge in [-0.15, -0.1) is 0 Å². The summed E-state index contributed by atoms with van der Waals surface area (Å²) in [7, 11) is 1.92. The van der Waals surface area contributed by atoms with Crippen LogP contribution in [0.4, 0.5) is 16.2 Å². The van der Waals surface area contributed by atoms with Crippen LogP contribution in [-0.4, -0.2) is 25.7 Å². The van der Waals surface area contributed by atoms with Gasteiger partial charge in [0.25, 0.3) is 0 Å². The molecule has 0 bridgehead atoms. The largest absolute Gasteiger partial charge is 0.388 e. The van der Waals surface area contributed by atoms with E-state index in [9.17, 15) is 4.79 Å². The Labute approximate surface area is 108 Å². The summed E-state index contributed by atoms with van der Waals surface area (Å²) < 4.78 is 0. The molecule has 0 atom stereocenters. The van der Waals surface area contributed by atoms with Crippen LogP contribution in [0.1, 0.15) is 25.8 Å².